The van der Waals surface area contributed by atoms with Gasteiger partial charge >= 0.3 is 10.2 Å². The number of amides is 1. The molecule has 0 heterocycles. The molecule has 0 aromatic heterocycles. The van der Waals surface area contributed by atoms with Crippen molar-refractivity contribution >= 4 is 39.3 Å². The van der Waals surface area contributed by atoms with Gasteiger partial charge in [-0.2, -0.15) is 12.7 Å². The second-order valence-electron chi connectivity index (χ2n) is 6.67. The molecule has 30 heavy (non-hydrogen) atoms. The molecule has 0 aliphatic rings. The molecule has 1 amide bonds. The summed E-state index contributed by atoms with van der Waals surface area (Å²) in [7, 11) is 0.832. The van der Waals surface area contributed by atoms with Crippen LogP contribution in [0.25, 0.3) is 0 Å². The fourth-order valence-corrected chi connectivity index (χ4v) is 4.47. The number of hydrogen-bond acceptors (Lipinski definition) is 4. The first-order valence-corrected chi connectivity index (χ1v) is 11.4. The van der Waals surface area contributed by atoms with Gasteiger partial charge in [0.25, 0.3) is 5.91 Å². The molecule has 0 bridgehead atoms. The molecular formula is C22H23N3O3S2. The minimum Gasteiger partial charge on any atom is -0.321 e. The summed E-state index contributed by atoms with van der Waals surface area (Å²) >= 11 is 1.57. The number of nitrogens with zero attached hydrogens (tertiary/aromatic N) is 2. The van der Waals surface area contributed by atoms with Crippen LogP contribution in [-0.4, -0.2) is 39.8 Å². The summed E-state index contributed by atoms with van der Waals surface area (Å²) in [4.78, 5) is 14.8. The van der Waals surface area contributed by atoms with Gasteiger partial charge in [-0.25, -0.2) is 0 Å². The molecule has 0 unspecified atom stereocenters. The van der Waals surface area contributed by atoms with Crippen LogP contribution >= 0.6 is 11.8 Å². The molecule has 0 saturated heterocycles. The van der Waals surface area contributed by atoms with Gasteiger partial charge in [0, 0.05) is 36.5 Å². The Morgan fingerprint density at radius 2 is 1.43 bits per heavy atom. The van der Waals surface area contributed by atoms with Gasteiger partial charge in [0.15, 0.2) is 0 Å². The quantitative estimate of drug-likeness (QED) is 0.592. The van der Waals surface area contributed by atoms with E-state index in [0.29, 0.717) is 16.9 Å². The molecule has 1 N–H and O–H groups in total. The van der Waals surface area contributed by atoms with Crippen molar-refractivity contribution in [1.29, 1.82) is 0 Å². The first-order valence-electron chi connectivity index (χ1n) is 9.19. The number of nitrogens with one attached hydrogen (secondary N) is 1. The lowest BCUT2D eigenvalue weighted by molar-refractivity contribution is 0.102. The van der Waals surface area contributed by atoms with Gasteiger partial charge in [0.1, 0.15) is 0 Å². The van der Waals surface area contributed by atoms with Gasteiger partial charge in [-0.05, 0) is 48.5 Å². The van der Waals surface area contributed by atoms with Crippen LogP contribution < -0.4 is 9.62 Å². The molecule has 6 nitrogen and oxygen atoms in total. The Morgan fingerprint density at radius 1 is 0.833 bits per heavy atom. The minimum atomic E-state index is -3.58. The van der Waals surface area contributed by atoms with Crippen LogP contribution in [0.1, 0.15) is 10.4 Å². The number of carbonyl (C=O) groups excluding carboxylic acids is 1. The van der Waals surface area contributed by atoms with E-state index in [0.717, 1.165) is 14.1 Å². The van der Waals surface area contributed by atoms with Crippen molar-refractivity contribution < 1.29 is 13.2 Å². The Balaban J connectivity index is 1.76. The maximum absolute atomic E-state index is 12.7. The maximum Gasteiger partial charge on any atom is 0.303 e. The Hall–Kier alpha value is -2.81. The summed E-state index contributed by atoms with van der Waals surface area (Å²) < 4.78 is 26.8. The topological polar surface area (TPSA) is 69.7 Å². The van der Waals surface area contributed by atoms with Gasteiger partial charge in [-0.1, -0.05) is 42.1 Å². The first kappa shape index (κ1) is 21.9. The zero-order valence-electron chi connectivity index (χ0n) is 16.9. The number of hydrogen-bond donors (Lipinski definition) is 1. The van der Waals surface area contributed by atoms with E-state index in [2.05, 4.69) is 5.32 Å². The van der Waals surface area contributed by atoms with Crippen LogP contribution in [0.5, 0.6) is 0 Å². The van der Waals surface area contributed by atoms with Crippen LogP contribution in [0.15, 0.2) is 88.7 Å². The van der Waals surface area contributed by atoms with E-state index in [1.807, 2.05) is 54.6 Å². The van der Waals surface area contributed by atoms with Crippen LogP contribution in [0, 0.1) is 0 Å². The summed E-state index contributed by atoms with van der Waals surface area (Å²) in [6.45, 7) is 0. The molecule has 3 aromatic carbocycles. The summed E-state index contributed by atoms with van der Waals surface area (Å²) in [5.74, 6) is -0.263. The summed E-state index contributed by atoms with van der Waals surface area (Å²) in [6, 6.07) is 24.0. The van der Waals surface area contributed by atoms with Gasteiger partial charge < -0.3 is 5.32 Å². The second kappa shape index (κ2) is 9.34. The third-order valence-corrected chi connectivity index (χ3v) is 7.32. The Morgan fingerprint density at radius 3 is 2.07 bits per heavy atom. The second-order valence-corrected chi connectivity index (χ2v) is 9.96. The van der Waals surface area contributed by atoms with E-state index >= 15 is 0 Å². The number of benzene rings is 3. The van der Waals surface area contributed by atoms with Gasteiger partial charge in [-0.15, -0.1) is 0 Å². The predicted octanol–water partition coefficient (Wildman–Crippen LogP) is 4.33. The van der Waals surface area contributed by atoms with Gasteiger partial charge in [0.05, 0.1) is 11.4 Å². The first-order chi connectivity index (χ1) is 14.3. The number of rotatable bonds is 7. The molecule has 0 radical (unpaired) electrons. The van der Waals surface area contributed by atoms with E-state index in [9.17, 15) is 13.2 Å². The third kappa shape index (κ3) is 5.02. The van der Waals surface area contributed by atoms with E-state index in [1.165, 1.54) is 25.4 Å². The van der Waals surface area contributed by atoms with Crippen molar-refractivity contribution in [2.45, 2.75) is 9.79 Å². The molecule has 3 aromatic rings. The highest BCUT2D eigenvalue weighted by molar-refractivity contribution is 7.99. The predicted molar refractivity (Wildman–Crippen MR) is 122 cm³/mol. The van der Waals surface area contributed by atoms with Crippen molar-refractivity contribution in [3.05, 3.63) is 84.4 Å². The fourth-order valence-electron chi connectivity index (χ4n) is 2.67. The summed E-state index contributed by atoms with van der Waals surface area (Å²) in [6.07, 6.45) is 0. The van der Waals surface area contributed by atoms with Crippen molar-refractivity contribution in [1.82, 2.24) is 4.31 Å². The molecule has 3 rings (SSSR count). The lowest BCUT2D eigenvalue weighted by atomic mass is 10.2. The SMILES string of the molecule is CN(C)S(=O)(=O)N(C)c1ccc(C(=O)Nc2ccccc2Sc2ccccc2)cc1. The highest BCUT2D eigenvalue weighted by atomic mass is 32.2. The third-order valence-electron chi connectivity index (χ3n) is 4.41. The number of para-hydroxylation sites is 1. The molecule has 0 saturated carbocycles. The number of anilines is 2. The monoisotopic (exact) mass is 441 g/mol. The average Bonchev–Trinajstić information content (AvgIpc) is 2.75. The molecule has 0 spiro atoms. The fraction of sp³-hybridized carbons (Fsp3) is 0.136. The molecule has 0 atom stereocenters. The summed E-state index contributed by atoms with van der Waals surface area (Å²) in [5.41, 5.74) is 1.63. The lowest BCUT2D eigenvalue weighted by Crippen LogP contribution is -2.37. The standard InChI is InChI=1S/C22H23N3O3S2/c1-24(2)30(27,28)25(3)18-15-13-17(14-16-18)22(26)23-20-11-7-8-12-21(20)29-19-9-5-4-6-10-19/h4-16H,1-3H3,(H,23,26). The number of carbonyl (C=O) groups is 1. The largest absolute Gasteiger partial charge is 0.321 e. The normalized spacial score (nSPS) is 11.3. The van der Waals surface area contributed by atoms with E-state index < -0.39 is 10.2 Å². The van der Waals surface area contributed by atoms with Gasteiger partial charge in [-0.3, -0.25) is 9.10 Å². The molecule has 0 fully saturated rings. The molecule has 8 heteroatoms. The molecule has 156 valence electrons. The van der Waals surface area contributed by atoms with Crippen LogP contribution in [0.3, 0.4) is 0 Å². The Bertz CT molecular complexity index is 1120. The molecule has 0 aliphatic carbocycles. The van der Waals surface area contributed by atoms with Crippen molar-refractivity contribution in [3.8, 4) is 0 Å². The highest BCUT2D eigenvalue weighted by Crippen LogP contribution is 2.33. The van der Waals surface area contributed by atoms with Crippen LogP contribution in [0.4, 0.5) is 11.4 Å². The van der Waals surface area contributed by atoms with E-state index in [-0.39, 0.29) is 5.91 Å². The van der Waals surface area contributed by atoms with Crippen molar-refractivity contribution in [2.75, 3.05) is 30.8 Å². The Kier molecular flexibility index (Phi) is 6.81. The average molecular weight is 442 g/mol. The van der Waals surface area contributed by atoms with E-state index in [1.54, 1.807) is 36.0 Å². The molecule has 0 aliphatic heterocycles. The highest BCUT2D eigenvalue weighted by Gasteiger charge is 2.21. The van der Waals surface area contributed by atoms with Crippen LogP contribution in [-0.2, 0) is 10.2 Å². The Labute approximate surface area is 181 Å². The molecular weight excluding hydrogens is 418 g/mol. The zero-order chi connectivity index (χ0) is 21.7. The lowest BCUT2D eigenvalue weighted by Gasteiger charge is -2.23. The van der Waals surface area contributed by atoms with Crippen molar-refractivity contribution in [3.63, 3.8) is 0 Å². The van der Waals surface area contributed by atoms with E-state index in [4.69, 9.17) is 0 Å². The maximum atomic E-state index is 12.7. The van der Waals surface area contributed by atoms with Crippen molar-refractivity contribution in [2.24, 2.45) is 0 Å². The smallest absolute Gasteiger partial charge is 0.303 e. The summed E-state index contributed by atoms with van der Waals surface area (Å²) in [5, 5.41) is 2.94. The zero-order valence-corrected chi connectivity index (χ0v) is 18.6. The van der Waals surface area contributed by atoms with Crippen LogP contribution in [0.2, 0.25) is 0 Å². The minimum absolute atomic E-state index is 0.263. The van der Waals surface area contributed by atoms with Gasteiger partial charge in [0.2, 0.25) is 0 Å².